The second kappa shape index (κ2) is 14.7. The van der Waals surface area contributed by atoms with Crippen LogP contribution in [0.2, 0.25) is 0 Å². The lowest BCUT2D eigenvalue weighted by Crippen LogP contribution is -2.49. The zero-order valence-corrected chi connectivity index (χ0v) is 24.0. The van der Waals surface area contributed by atoms with Gasteiger partial charge in [-0.05, 0) is 58.1 Å². The highest BCUT2D eigenvalue weighted by Crippen LogP contribution is 2.35. The maximum Gasteiger partial charge on any atom is 0.258 e. The van der Waals surface area contributed by atoms with Gasteiger partial charge in [0.15, 0.2) is 5.75 Å². The van der Waals surface area contributed by atoms with Gasteiger partial charge in [-0.25, -0.2) is 0 Å². The SMILES string of the molecule is C[C@H]1CN([C@@H](C)CO)C(=O)c2cccc(NC(=O)CCCCCC(=O)Nc3ccccc3N)c2O[C@@H]1CN(C)C. The van der Waals surface area contributed by atoms with E-state index in [1.807, 2.05) is 45.0 Å². The summed E-state index contributed by atoms with van der Waals surface area (Å²) in [6.45, 7) is 4.78. The van der Waals surface area contributed by atoms with E-state index >= 15 is 0 Å². The van der Waals surface area contributed by atoms with Crippen LogP contribution in [0.3, 0.4) is 0 Å². The number of rotatable bonds is 12. The third kappa shape index (κ3) is 8.43. The molecule has 0 fully saturated rings. The standard InChI is InChI=1S/C30H43N5O5/c1-20-17-35(21(2)19-36)30(39)22-11-10-14-25(29(22)40-26(20)18-34(3)4)33-28(38)16-7-5-6-15-27(37)32-24-13-9-8-12-23(24)31/h8-14,20-21,26,36H,5-7,15-19,31H2,1-4H3,(H,32,37)(H,33,38)/t20-,21-,26+/m0/s1. The smallest absolute Gasteiger partial charge is 0.258 e. The summed E-state index contributed by atoms with van der Waals surface area (Å²) in [6.07, 6.45) is 2.35. The highest BCUT2D eigenvalue weighted by molar-refractivity contribution is 6.01. The first-order valence-electron chi connectivity index (χ1n) is 13.9. The summed E-state index contributed by atoms with van der Waals surface area (Å²) in [6, 6.07) is 11.9. The number of para-hydroxylation sites is 3. The number of carbonyl (C=O) groups is 3. The number of unbranched alkanes of at least 4 members (excludes halogenated alkanes) is 2. The second-order valence-corrected chi connectivity index (χ2v) is 10.8. The van der Waals surface area contributed by atoms with E-state index in [0.29, 0.717) is 67.1 Å². The van der Waals surface area contributed by atoms with Crippen molar-refractivity contribution in [3.05, 3.63) is 48.0 Å². The Hall–Kier alpha value is -3.63. The first kappa shape index (κ1) is 30.9. The average Bonchev–Trinajstić information content (AvgIpc) is 2.91. The number of hydrogen-bond donors (Lipinski definition) is 4. The van der Waals surface area contributed by atoms with Crippen molar-refractivity contribution >= 4 is 34.8 Å². The lowest BCUT2D eigenvalue weighted by molar-refractivity contribution is -0.116. The Morgan fingerprint density at radius 3 is 2.30 bits per heavy atom. The number of anilines is 3. The van der Waals surface area contributed by atoms with Gasteiger partial charge in [0.25, 0.3) is 5.91 Å². The fraction of sp³-hybridized carbons (Fsp3) is 0.500. The Bertz CT molecular complexity index is 1170. The van der Waals surface area contributed by atoms with E-state index in [0.717, 1.165) is 0 Å². The molecule has 0 bridgehead atoms. The molecule has 0 saturated heterocycles. The van der Waals surface area contributed by atoms with Crippen molar-refractivity contribution in [2.45, 2.75) is 58.1 Å². The molecule has 2 aromatic rings. The quantitative estimate of drug-likeness (QED) is 0.233. The zero-order chi connectivity index (χ0) is 29.2. The minimum atomic E-state index is -0.355. The van der Waals surface area contributed by atoms with E-state index in [-0.39, 0.29) is 48.8 Å². The first-order chi connectivity index (χ1) is 19.1. The molecule has 0 radical (unpaired) electrons. The predicted octanol–water partition coefficient (Wildman–Crippen LogP) is 3.58. The van der Waals surface area contributed by atoms with Crippen LogP contribution >= 0.6 is 0 Å². The summed E-state index contributed by atoms with van der Waals surface area (Å²) < 4.78 is 6.43. The molecule has 0 spiro atoms. The van der Waals surface area contributed by atoms with Gasteiger partial charge in [0, 0.05) is 31.8 Å². The van der Waals surface area contributed by atoms with Crippen molar-refractivity contribution in [1.29, 1.82) is 0 Å². The Morgan fingerprint density at radius 1 is 1.05 bits per heavy atom. The third-order valence-electron chi connectivity index (χ3n) is 7.05. The van der Waals surface area contributed by atoms with E-state index in [1.54, 1.807) is 35.2 Å². The van der Waals surface area contributed by atoms with Crippen LogP contribution in [0.1, 0.15) is 56.3 Å². The lowest BCUT2D eigenvalue weighted by Gasteiger charge is -2.38. The van der Waals surface area contributed by atoms with Gasteiger partial charge in [0.05, 0.1) is 35.3 Å². The molecule has 3 rings (SSSR count). The molecule has 2 aromatic carbocycles. The summed E-state index contributed by atoms with van der Waals surface area (Å²) in [4.78, 5) is 42.3. The molecule has 3 atom stereocenters. The Labute approximate surface area is 236 Å². The number of fused-ring (bicyclic) bond motifs is 1. The number of nitrogen functional groups attached to an aromatic ring is 1. The van der Waals surface area contributed by atoms with Crippen LogP contribution in [0, 0.1) is 5.92 Å². The molecule has 5 N–H and O–H groups in total. The number of amides is 3. The number of ether oxygens (including phenoxy) is 1. The molecule has 218 valence electrons. The monoisotopic (exact) mass is 553 g/mol. The Kier molecular flexibility index (Phi) is 11.3. The van der Waals surface area contributed by atoms with Gasteiger partial charge in [-0.1, -0.05) is 31.5 Å². The molecule has 1 heterocycles. The lowest BCUT2D eigenvalue weighted by atomic mass is 9.99. The second-order valence-electron chi connectivity index (χ2n) is 10.8. The fourth-order valence-corrected chi connectivity index (χ4v) is 4.70. The van der Waals surface area contributed by atoms with Gasteiger partial charge >= 0.3 is 0 Å². The number of aliphatic hydroxyl groups is 1. The zero-order valence-electron chi connectivity index (χ0n) is 24.0. The predicted molar refractivity (Wildman–Crippen MR) is 157 cm³/mol. The van der Waals surface area contributed by atoms with Gasteiger partial charge in [-0.3, -0.25) is 14.4 Å². The topological polar surface area (TPSA) is 137 Å². The molecule has 1 aliphatic rings. The number of carbonyl (C=O) groups excluding carboxylic acids is 3. The summed E-state index contributed by atoms with van der Waals surface area (Å²) in [7, 11) is 3.92. The number of nitrogens with zero attached hydrogens (tertiary/aromatic N) is 2. The normalized spacial score (nSPS) is 17.9. The van der Waals surface area contributed by atoms with Crippen LogP contribution in [0.15, 0.2) is 42.5 Å². The highest BCUT2D eigenvalue weighted by atomic mass is 16.5. The van der Waals surface area contributed by atoms with E-state index in [2.05, 4.69) is 10.6 Å². The minimum Gasteiger partial charge on any atom is -0.486 e. The average molecular weight is 554 g/mol. The molecule has 0 saturated carbocycles. The number of nitrogens with one attached hydrogen (secondary N) is 2. The Balaban J connectivity index is 1.62. The molecule has 10 heteroatoms. The molecule has 3 amide bonds. The number of nitrogens with two attached hydrogens (primary N) is 1. The van der Waals surface area contributed by atoms with Crippen molar-refractivity contribution in [2.24, 2.45) is 5.92 Å². The van der Waals surface area contributed by atoms with Crippen molar-refractivity contribution in [2.75, 3.05) is 50.2 Å². The first-order valence-corrected chi connectivity index (χ1v) is 13.9. The van der Waals surface area contributed by atoms with E-state index < -0.39 is 0 Å². The van der Waals surface area contributed by atoms with Crippen molar-refractivity contribution in [1.82, 2.24) is 9.80 Å². The highest BCUT2D eigenvalue weighted by Gasteiger charge is 2.34. The van der Waals surface area contributed by atoms with Crippen LogP contribution in [-0.4, -0.2) is 78.6 Å². The minimum absolute atomic E-state index is 0.00668. The molecule has 1 aliphatic heterocycles. The van der Waals surface area contributed by atoms with Crippen LogP contribution in [0.5, 0.6) is 5.75 Å². The number of hydrogen-bond acceptors (Lipinski definition) is 7. The van der Waals surface area contributed by atoms with E-state index in [4.69, 9.17) is 10.5 Å². The number of benzene rings is 2. The number of aliphatic hydroxyl groups excluding tert-OH is 1. The van der Waals surface area contributed by atoms with Crippen molar-refractivity contribution < 1.29 is 24.2 Å². The van der Waals surface area contributed by atoms with Gasteiger partial charge < -0.3 is 36.0 Å². The third-order valence-corrected chi connectivity index (χ3v) is 7.05. The van der Waals surface area contributed by atoms with Gasteiger partial charge in [-0.15, -0.1) is 0 Å². The Morgan fingerprint density at radius 2 is 1.68 bits per heavy atom. The summed E-state index contributed by atoms with van der Waals surface area (Å²) >= 11 is 0. The van der Waals surface area contributed by atoms with Crippen LogP contribution in [0.4, 0.5) is 17.1 Å². The summed E-state index contributed by atoms with van der Waals surface area (Å²) in [5, 5.41) is 15.5. The van der Waals surface area contributed by atoms with Crippen LogP contribution in [-0.2, 0) is 9.59 Å². The van der Waals surface area contributed by atoms with Crippen molar-refractivity contribution in [3.8, 4) is 5.75 Å². The van der Waals surface area contributed by atoms with Gasteiger partial charge in [0.1, 0.15) is 6.10 Å². The maximum absolute atomic E-state index is 13.5. The largest absolute Gasteiger partial charge is 0.486 e. The number of likely N-dealkylation sites (N-methyl/N-ethyl adjacent to an activating group) is 1. The van der Waals surface area contributed by atoms with Gasteiger partial charge in [-0.2, -0.15) is 0 Å². The van der Waals surface area contributed by atoms with E-state index in [1.165, 1.54) is 0 Å². The van der Waals surface area contributed by atoms with E-state index in [9.17, 15) is 19.5 Å². The molecule has 40 heavy (non-hydrogen) atoms. The van der Waals surface area contributed by atoms with Crippen LogP contribution < -0.4 is 21.1 Å². The van der Waals surface area contributed by atoms with Gasteiger partial charge in [0.2, 0.25) is 11.8 Å². The molecule has 0 aliphatic carbocycles. The molecule has 0 unspecified atom stereocenters. The molecule has 10 nitrogen and oxygen atoms in total. The maximum atomic E-state index is 13.5. The van der Waals surface area contributed by atoms with Crippen LogP contribution in [0.25, 0.3) is 0 Å². The molecular weight excluding hydrogens is 510 g/mol. The molecule has 0 aromatic heterocycles. The van der Waals surface area contributed by atoms with Crippen molar-refractivity contribution in [3.63, 3.8) is 0 Å². The summed E-state index contributed by atoms with van der Waals surface area (Å²) in [5.74, 6) is -0.193. The fourth-order valence-electron chi connectivity index (χ4n) is 4.70. The summed E-state index contributed by atoms with van der Waals surface area (Å²) in [5.41, 5.74) is 7.80. The molecular formula is C30H43N5O5.